The SMILES string of the molecule is CS(=O)(=O)OCC1Cc2cccc(Cl)c2C1. The van der Waals surface area contributed by atoms with Gasteiger partial charge in [0.2, 0.25) is 0 Å². The molecule has 0 bridgehead atoms. The van der Waals surface area contributed by atoms with E-state index in [0.717, 1.165) is 29.7 Å². The Morgan fingerprint density at radius 1 is 1.44 bits per heavy atom. The normalized spacial score (nSPS) is 19.8. The highest BCUT2D eigenvalue weighted by Gasteiger charge is 2.24. The second-order valence-electron chi connectivity index (χ2n) is 4.14. The molecule has 0 aromatic heterocycles. The van der Waals surface area contributed by atoms with E-state index in [0.29, 0.717) is 0 Å². The molecule has 16 heavy (non-hydrogen) atoms. The van der Waals surface area contributed by atoms with Gasteiger partial charge < -0.3 is 0 Å². The van der Waals surface area contributed by atoms with Gasteiger partial charge in [-0.1, -0.05) is 23.7 Å². The Hall–Kier alpha value is -0.580. The Kier molecular flexibility index (Phi) is 3.24. The van der Waals surface area contributed by atoms with Crippen LogP contribution in [0.3, 0.4) is 0 Å². The first kappa shape index (κ1) is 11.9. The van der Waals surface area contributed by atoms with Gasteiger partial charge in [0, 0.05) is 5.02 Å². The van der Waals surface area contributed by atoms with Crippen LogP contribution < -0.4 is 0 Å². The summed E-state index contributed by atoms with van der Waals surface area (Å²) in [5.74, 6) is 0.213. The second-order valence-corrected chi connectivity index (χ2v) is 6.19. The first-order valence-corrected chi connectivity index (χ1v) is 7.26. The van der Waals surface area contributed by atoms with E-state index in [1.54, 1.807) is 0 Å². The summed E-state index contributed by atoms with van der Waals surface area (Å²) in [5, 5.41) is 0.763. The fraction of sp³-hybridized carbons (Fsp3) is 0.455. The van der Waals surface area contributed by atoms with E-state index in [2.05, 4.69) is 0 Å². The summed E-state index contributed by atoms with van der Waals surface area (Å²) in [7, 11) is -3.34. The van der Waals surface area contributed by atoms with Gasteiger partial charge in [0.05, 0.1) is 12.9 Å². The van der Waals surface area contributed by atoms with Gasteiger partial charge in [0.15, 0.2) is 0 Å². The van der Waals surface area contributed by atoms with E-state index < -0.39 is 10.1 Å². The van der Waals surface area contributed by atoms with Crippen LogP contribution in [-0.4, -0.2) is 21.3 Å². The molecule has 0 saturated heterocycles. The monoisotopic (exact) mass is 260 g/mol. The standard InChI is InChI=1S/C11H13ClO3S/c1-16(13,14)15-7-8-5-9-3-2-4-11(12)10(9)6-8/h2-4,8H,5-7H2,1H3. The number of hydrogen-bond donors (Lipinski definition) is 0. The zero-order chi connectivity index (χ0) is 11.8. The average molecular weight is 261 g/mol. The molecule has 0 radical (unpaired) electrons. The molecule has 3 nitrogen and oxygen atoms in total. The molecule has 1 atom stereocenters. The van der Waals surface area contributed by atoms with Crippen LogP contribution in [0, 0.1) is 5.92 Å². The first-order chi connectivity index (χ1) is 7.46. The minimum atomic E-state index is -3.34. The molecule has 0 heterocycles. The van der Waals surface area contributed by atoms with Crippen molar-refractivity contribution in [2.45, 2.75) is 12.8 Å². The zero-order valence-electron chi connectivity index (χ0n) is 8.94. The van der Waals surface area contributed by atoms with Crippen molar-refractivity contribution in [1.82, 2.24) is 0 Å². The molecule has 1 unspecified atom stereocenters. The molecule has 1 aromatic rings. The van der Waals surface area contributed by atoms with Crippen molar-refractivity contribution in [3.63, 3.8) is 0 Å². The van der Waals surface area contributed by atoms with Gasteiger partial charge >= 0.3 is 0 Å². The van der Waals surface area contributed by atoms with Crippen molar-refractivity contribution >= 4 is 21.7 Å². The highest BCUT2D eigenvalue weighted by Crippen LogP contribution is 2.32. The third kappa shape index (κ3) is 2.75. The molecule has 5 heteroatoms. The molecule has 0 spiro atoms. The summed E-state index contributed by atoms with van der Waals surface area (Å²) in [6, 6.07) is 5.81. The van der Waals surface area contributed by atoms with Crippen LogP contribution in [0.2, 0.25) is 5.02 Å². The summed E-state index contributed by atoms with van der Waals surface area (Å²) in [4.78, 5) is 0. The molecular weight excluding hydrogens is 248 g/mol. The van der Waals surface area contributed by atoms with Crippen LogP contribution >= 0.6 is 11.6 Å². The lowest BCUT2D eigenvalue weighted by atomic mass is 10.1. The van der Waals surface area contributed by atoms with Crippen LogP contribution in [0.1, 0.15) is 11.1 Å². The lowest BCUT2D eigenvalue weighted by Gasteiger charge is -2.07. The quantitative estimate of drug-likeness (QED) is 0.781. The lowest BCUT2D eigenvalue weighted by molar-refractivity contribution is 0.262. The van der Waals surface area contributed by atoms with Crippen molar-refractivity contribution in [3.05, 3.63) is 34.3 Å². The molecule has 1 aliphatic carbocycles. The van der Waals surface area contributed by atoms with Crippen LogP contribution in [0.25, 0.3) is 0 Å². The Morgan fingerprint density at radius 2 is 2.19 bits per heavy atom. The van der Waals surface area contributed by atoms with Crippen molar-refractivity contribution in [2.24, 2.45) is 5.92 Å². The maximum atomic E-state index is 10.9. The highest BCUT2D eigenvalue weighted by molar-refractivity contribution is 7.85. The fourth-order valence-electron chi connectivity index (χ4n) is 2.03. The van der Waals surface area contributed by atoms with Crippen LogP contribution in [-0.2, 0) is 27.1 Å². The smallest absolute Gasteiger partial charge is 0.264 e. The minimum Gasteiger partial charge on any atom is -0.270 e. The first-order valence-electron chi connectivity index (χ1n) is 5.06. The van der Waals surface area contributed by atoms with Gasteiger partial charge in [-0.25, -0.2) is 0 Å². The van der Waals surface area contributed by atoms with Crippen molar-refractivity contribution in [3.8, 4) is 0 Å². The number of rotatable bonds is 3. The zero-order valence-corrected chi connectivity index (χ0v) is 10.5. The van der Waals surface area contributed by atoms with Gasteiger partial charge in [-0.3, -0.25) is 4.18 Å². The molecule has 0 aliphatic heterocycles. The Morgan fingerprint density at radius 3 is 2.81 bits per heavy atom. The van der Waals surface area contributed by atoms with Gasteiger partial charge in [-0.2, -0.15) is 8.42 Å². The molecule has 88 valence electrons. The summed E-state index contributed by atoms with van der Waals surface area (Å²) < 4.78 is 26.6. The molecule has 1 aromatic carbocycles. The maximum Gasteiger partial charge on any atom is 0.264 e. The Labute approximate surface area is 101 Å². The number of hydrogen-bond acceptors (Lipinski definition) is 3. The Balaban J connectivity index is 2.04. The molecular formula is C11H13ClO3S. The number of benzene rings is 1. The van der Waals surface area contributed by atoms with Gasteiger partial charge in [-0.15, -0.1) is 0 Å². The van der Waals surface area contributed by atoms with Crippen molar-refractivity contribution < 1.29 is 12.6 Å². The summed E-state index contributed by atoms with van der Waals surface area (Å²) in [6.07, 6.45) is 2.71. The maximum absolute atomic E-state index is 10.9. The van der Waals surface area contributed by atoms with E-state index in [1.165, 1.54) is 5.56 Å². The topological polar surface area (TPSA) is 43.4 Å². The van der Waals surface area contributed by atoms with Gasteiger partial charge in [0.1, 0.15) is 0 Å². The van der Waals surface area contributed by atoms with Crippen LogP contribution in [0.15, 0.2) is 18.2 Å². The Bertz CT molecular complexity index is 496. The molecule has 0 N–H and O–H groups in total. The van der Waals surface area contributed by atoms with E-state index in [-0.39, 0.29) is 12.5 Å². The highest BCUT2D eigenvalue weighted by atomic mass is 35.5. The molecule has 2 rings (SSSR count). The lowest BCUT2D eigenvalue weighted by Crippen LogP contribution is -2.13. The van der Waals surface area contributed by atoms with E-state index in [1.807, 2.05) is 18.2 Å². The second kappa shape index (κ2) is 4.35. The largest absolute Gasteiger partial charge is 0.270 e. The van der Waals surface area contributed by atoms with Crippen LogP contribution in [0.4, 0.5) is 0 Å². The predicted octanol–water partition coefficient (Wildman–Crippen LogP) is 2.03. The fourth-order valence-corrected chi connectivity index (χ4v) is 2.74. The summed E-state index contributed by atoms with van der Waals surface area (Å²) in [5.41, 5.74) is 2.33. The van der Waals surface area contributed by atoms with E-state index in [4.69, 9.17) is 15.8 Å². The number of fused-ring (bicyclic) bond motifs is 1. The van der Waals surface area contributed by atoms with Crippen molar-refractivity contribution in [1.29, 1.82) is 0 Å². The van der Waals surface area contributed by atoms with Crippen molar-refractivity contribution in [2.75, 3.05) is 12.9 Å². The predicted molar refractivity (Wildman–Crippen MR) is 63.1 cm³/mol. The molecule has 0 saturated carbocycles. The van der Waals surface area contributed by atoms with Crippen LogP contribution in [0.5, 0.6) is 0 Å². The van der Waals surface area contributed by atoms with E-state index in [9.17, 15) is 8.42 Å². The molecule has 0 amide bonds. The molecule has 0 fully saturated rings. The summed E-state index contributed by atoms with van der Waals surface area (Å²) in [6.45, 7) is 0.240. The molecule has 1 aliphatic rings. The third-order valence-corrected chi connectivity index (χ3v) is 3.65. The minimum absolute atomic E-state index is 0.213. The summed E-state index contributed by atoms with van der Waals surface area (Å²) >= 11 is 6.07. The van der Waals surface area contributed by atoms with Gasteiger partial charge in [-0.05, 0) is 36.0 Å². The third-order valence-electron chi connectivity index (χ3n) is 2.74. The van der Waals surface area contributed by atoms with E-state index >= 15 is 0 Å². The van der Waals surface area contributed by atoms with Gasteiger partial charge in [0.25, 0.3) is 10.1 Å². The average Bonchev–Trinajstić information content (AvgIpc) is 2.58. The number of halogens is 1.